The highest BCUT2D eigenvalue weighted by molar-refractivity contribution is 6.29. The molecule has 0 aliphatic carbocycles. The summed E-state index contributed by atoms with van der Waals surface area (Å²) < 4.78 is 5.13. The molecular formula is C11H6ClN5O. The number of aromatic nitrogens is 5. The Hall–Kier alpha value is -2.34. The van der Waals surface area contributed by atoms with Crippen LogP contribution in [0.2, 0.25) is 5.15 Å². The molecule has 7 heteroatoms. The van der Waals surface area contributed by atoms with E-state index >= 15 is 0 Å². The van der Waals surface area contributed by atoms with Gasteiger partial charge in [0, 0.05) is 18.6 Å². The lowest BCUT2D eigenvalue weighted by atomic mass is 10.3. The molecule has 3 rings (SSSR count). The van der Waals surface area contributed by atoms with Gasteiger partial charge in [0.2, 0.25) is 5.82 Å². The largest absolute Gasteiger partial charge is 0.333 e. The van der Waals surface area contributed by atoms with Crippen molar-refractivity contribution in [3.63, 3.8) is 0 Å². The maximum absolute atomic E-state index is 5.70. The van der Waals surface area contributed by atoms with E-state index in [1.54, 1.807) is 36.9 Å². The molecule has 0 N–H and O–H groups in total. The minimum Gasteiger partial charge on any atom is -0.333 e. The smallest absolute Gasteiger partial charge is 0.259 e. The molecule has 0 aliphatic rings. The molecular weight excluding hydrogens is 254 g/mol. The van der Waals surface area contributed by atoms with Gasteiger partial charge in [0.1, 0.15) is 10.8 Å². The van der Waals surface area contributed by atoms with E-state index < -0.39 is 0 Å². The Morgan fingerprint density at radius 3 is 2.72 bits per heavy atom. The van der Waals surface area contributed by atoms with Crippen LogP contribution in [0, 0.1) is 0 Å². The molecule has 0 amide bonds. The molecule has 3 aromatic rings. The predicted octanol–water partition coefficient (Wildman–Crippen LogP) is 2.24. The van der Waals surface area contributed by atoms with E-state index in [0.717, 1.165) is 0 Å². The predicted molar refractivity (Wildman–Crippen MR) is 63.6 cm³/mol. The molecule has 0 bridgehead atoms. The fourth-order valence-electron chi connectivity index (χ4n) is 1.36. The second kappa shape index (κ2) is 4.50. The van der Waals surface area contributed by atoms with Gasteiger partial charge in [-0.3, -0.25) is 4.98 Å². The first kappa shape index (κ1) is 10.8. The van der Waals surface area contributed by atoms with Gasteiger partial charge < -0.3 is 4.52 Å². The van der Waals surface area contributed by atoms with E-state index in [-0.39, 0.29) is 0 Å². The second-order valence-electron chi connectivity index (χ2n) is 3.38. The summed E-state index contributed by atoms with van der Waals surface area (Å²) in [6.45, 7) is 0. The number of hydrogen-bond donors (Lipinski definition) is 0. The summed E-state index contributed by atoms with van der Waals surface area (Å²) in [5.74, 6) is 0.743. The number of pyridine rings is 1. The molecule has 0 saturated heterocycles. The third kappa shape index (κ3) is 2.05. The maximum Gasteiger partial charge on any atom is 0.259 e. The average Bonchev–Trinajstić information content (AvgIpc) is 2.90. The van der Waals surface area contributed by atoms with E-state index in [4.69, 9.17) is 16.1 Å². The van der Waals surface area contributed by atoms with Crippen LogP contribution in [-0.2, 0) is 0 Å². The SMILES string of the molecule is Clc1ccc(-c2nc(-c3cnccn3)no2)cn1. The summed E-state index contributed by atoms with van der Waals surface area (Å²) in [6.07, 6.45) is 6.27. The highest BCUT2D eigenvalue weighted by atomic mass is 35.5. The first-order chi connectivity index (χ1) is 8.83. The Balaban J connectivity index is 1.97. The van der Waals surface area contributed by atoms with Gasteiger partial charge in [-0.05, 0) is 12.1 Å². The van der Waals surface area contributed by atoms with Crippen molar-refractivity contribution in [2.75, 3.05) is 0 Å². The summed E-state index contributed by atoms with van der Waals surface area (Å²) in [5, 5.41) is 4.25. The standard InChI is InChI=1S/C11H6ClN5O/c12-9-2-1-7(5-15-9)11-16-10(17-18-11)8-6-13-3-4-14-8/h1-6H. The monoisotopic (exact) mass is 259 g/mol. The lowest BCUT2D eigenvalue weighted by Gasteiger charge is -1.92. The summed E-state index contributed by atoms with van der Waals surface area (Å²) in [6, 6.07) is 3.41. The molecule has 18 heavy (non-hydrogen) atoms. The van der Waals surface area contributed by atoms with Gasteiger partial charge in [0.05, 0.1) is 11.8 Å². The minimum absolute atomic E-state index is 0.361. The summed E-state index contributed by atoms with van der Waals surface area (Å²) >= 11 is 5.70. The highest BCUT2D eigenvalue weighted by Crippen LogP contribution is 2.20. The van der Waals surface area contributed by atoms with Crippen LogP contribution in [0.5, 0.6) is 0 Å². The lowest BCUT2D eigenvalue weighted by Crippen LogP contribution is -1.86. The van der Waals surface area contributed by atoms with Gasteiger partial charge >= 0.3 is 0 Å². The van der Waals surface area contributed by atoms with E-state index in [9.17, 15) is 0 Å². The van der Waals surface area contributed by atoms with Crippen LogP contribution >= 0.6 is 11.6 Å². The van der Waals surface area contributed by atoms with Crippen molar-refractivity contribution >= 4 is 11.6 Å². The quantitative estimate of drug-likeness (QED) is 0.657. The minimum atomic E-state index is 0.361. The maximum atomic E-state index is 5.70. The van der Waals surface area contributed by atoms with Crippen molar-refractivity contribution in [3.05, 3.63) is 42.1 Å². The van der Waals surface area contributed by atoms with Crippen LogP contribution in [0.15, 0.2) is 41.4 Å². The first-order valence-electron chi connectivity index (χ1n) is 5.05. The van der Waals surface area contributed by atoms with Crippen molar-refractivity contribution in [3.8, 4) is 23.0 Å². The Morgan fingerprint density at radius 1 is 1.06 bits per heavy atom. The number of nitrogens with zero attached hydrogens (tertiary/aromatic N) is 5. The molecule has 0 radical (unpaired) electrons. The van der Waals surface area contributed by atoms with E-state index in [1.165, 1.54) is 0 Å². The average molecular weight is 260 g/mol. The highest BCUT2D eigenvalue weighted by Gasteiger charge is 2.11. The third-order valence-corrected chi connectivity index (χ3v) is 2.42. The molecule has 0 aromatic carbocycles. The zero-order chi connectivity index (χ0) is 12.4. The van der Waals surface area contributed by atoms with Crippen LogP contribution in [0.1, 0.15) is 0 Å². The Morgan fingerprint density at radius 2 is 2.00 bits per heavy atom. The summed E-state index contributed by atoms with van der Waals surface area (Å²) in [7, 11) is 0. The molecule has 0 saturated carbocycles. The van der Waals surface area contributed by atoms with E-state index in [0.29, 0.717) is 28.1 Å². The van der Waals surface area contributed by atoms with Crippen molar-refractivity contribution in [1.82, 2.24) is 25.1 Å². The van der Waals surface area contributed by atoms with Crippen LogP contribution in [0.25, 0.3) is 23.0 Å². The van der Waals surface area contributed by atoms with Crippen molar-refractivity contribution in [1.29, 1.82) is 0 Å². The molecule has 3 heterocycles. The number of halogens is 1. The van der Waals surface area contributed by atoms with Crippen LogP contribution in [0.4, 0.5) is 0 Å². The fraction of sp³-hybridized carbons (Fsp3) is 0. The first-order valence-corrected chi connectivity index (χ1v) is 5.43. The molecule has 0 spiro atoms. The van der Waals surface area contributed by atoms with Crippen molar-refractivity contribution < 1.29 is 4.52 Å². The Labute approximate surface area is 107 Å². The van der Waals surface area contributed by atoms with Crippen LogP contribution in [-0.4, -0.2) is 25.1 Å². The molecule has 0 unspecified atom stereocenters. The van der Waals surface area contributed by atoms with Gasteiger partial charge in [0.15, 0.2) is 0 Å². The zero-order valence-corrected chi connectivity index (χ0v) is 9.74. The molecule has 6 nitrogen and oxygen atoms in total. The van der Waals surface area contributed by atoms with Crippen LogP contribution in [0.3, 0.4) is 0 Å². The second-order valence-corrected chi connectivity index (χ2v) is 3.77. The van der Waals surface area contributed by atoms with Crippen LogP contribution < -0.4 is 0 Å². The van der Waals surface area contributed by atoms with Gasteiger partial charge in [-0.15, -0.1) is 0 Å². The lowest BCUT2D eigenvalue weighted by molar-refractivity contribution is 0.432. The Bertz CT molecular complexity index is 653. The van der Waals surface area contributed by atoms with Gasteiger partial charge in [-0.25, -0.2) is 9.97 Å². The van der Waals surface area contributed by atoms with E-state index in [2.05, 4.69) is 25.1 Å². The number of rotatable bonds is 2. The van der Waals surface area contributed by atoms with E-state index in [1.807, 2.05) is 0 Å². The van der Waals surface area contributed by atoms with Gasteiger partial charge in [-0.1, -0.05) is 16.8 Å². The molecule has 88 valence electrons. The van der Waals surface area contributed by atoms with Crippen molar-refractivity contribution in [2.24, 2.45) is 0 Å². The Kier molecular flexibility index (Phi) is 2.70. The molecule has 0 fully saturated rings. The summed E-state index contributed by atoms with van der Waals surface area (Å²) in [5.41, 5.74) is 1.25. The summed E-state index contributed by atoms with van der Waals surface area (Å²) in [4.78, 5) is 16.2. The molecule has 3 aromatic heterocycles. The topological polar surface area (TPSA) is 77.6 Å². The number of hydrogen-bond acceptors (Lipinski definition) is 6. The molecule has 0 atom stereocenters. The van der Waals surface area contributed by atoms with Gasteiger partial charge in [0.25, 0.3) is 5.89 Å². The zero-order valence-electron chi connectivity index (χ0n) is 8.99. The van der Waals surface area contributed by atoms with Crippen molar-refractivity contribution in [2.45, 2.75) is 0 Å². The van der Waals surface area contributed by atoms with Gasteiger partial charge in [-0.2, -0.15) is 4.98 Å². The normalized spacial score (nSPS) is 10.5. The molecule has 0 aliphatic heterocycles. The third-order valence-electron chi connectivity index (χ3n) is 2.19. The fourth-order valence-corrected chi connectivity index (χ4v) is 1.47.